The predicted octanol–water partition coefficient (Wildman–Crippen LogP) is 4.99. The van der Waals surface area contributed by atoms with Crippen molar-refractivity contribution < 1.29 is 0 Å². The number of benzene rings is 1. The van der Waals surface area contributed by atoms with E-state index in [1.807, 2.05) is 37.3 Å². The highest BCUT2D eigenvalue weighted by Crippen LogP contribution is 2.27. The maximum Gasteiger partial charge on any atom is 0.110 e. The Morgan fingerprint density at radius 2 is 1.91 bits per heavy atom. The molecule has 0 aliphatic carbocycles. The van der Waals surface area contributed by atoms with E-state index in [2.05, 4.69) is 25.0 Å². The third-order valence-corrected chi connectivity index (χ3v) is 3.85. The van der Waals surface area contributed by atoms with Crippen molar-refractivity contribution >= 4 is 17.2 Å². The minimum absolute atomic E-state index is 0.764. The van der Waals surface area contributed by atoms with E-state index in [0.717, 1.165) is 53.4 Å². The minimum atomic E-state index is 0.764. The van der Waals surface area contributed by atoms with E-state index in [4.69, 9.17) is 10.7 Å². The van der Waals surface area contributed by atoms with Gasteiger partial charge in [0.25, 0.3) is 0 Å². The Morgan fingerprint density at radius 1 is 1.22 bits per heavy atom. The van der Waals surface area contributed by atoms with Crippen LogP contribution in [0.5, 0.6) is 0 Å². The number of unbranched alkanes of at least 4 members (excludes halogenated alkanes) is 2. The quantitative estimate of drug-likeness (QED) is 0.438. The van der Waals surface area contributed by atoms with Gasteiger partial charge < -0.3 is 10.6 Å². The average Bonchev–Trinajstić information content (AvgIpc) is 2.51. The Hall–Kier alpha value is -2.29. The zero-order valence-corrected chi connectivity index (χ0v) is 14.3. The molecule has 0 atom stereocenters. The Balaban J connectivity index is 2.28. The van der Waals surface area contributed by atoms with Crippen LogP contribution < -0.4 is 5.73 Å². The Labute approximate surface area is 139 Å². The molecule has 0 spiro atoms. The summed E-state index contributed by atoms with van der Waals surface area (Å²) in [5.41, 5.74) is 10.7. The lowest BCUT2D eigenvalue weighted by Gasteiger charge is -2.30. The molecule has 0 amide bonds. The van der Waals surface area contributed by atoms with Gasteiger partial charge in [-0.1, -0.05) is 50.6 Å². The van der Waals surface area contributed by atoms with Crippen molar-refractivity contribution in [3.63, 3.8) is 0 Å². The third kappa shape index (κ3) is 4.59. The summed E-state index contributed by atoms with van der Waals surface area (Å²) >= 11 is 0. The first-order chi connectivity index (χ1) is 11.0. The lowest BCUT2D eigenvalue weighted by atomic mass is 10.1. The largest absolute Gasteiger partial charge is 0.399 e. The van der Waals surface area contributed by atoms with Crippen molar-refractivity contribution in [3.8, 4) is 0 Å². The number of rotatable bonds is 7. The fraction of sp³-hybridized carbons (Fsp3) is 0.350. The van der Waals surface area contributed by atoms with Gasteiger partial charge in [-0.15, -0.1) is 0 Å². The van der Waals surface area contributed by atoms with E-state index >= 15 is 0 Å². The van der Waals surface area contributed by atoms with E-state index in [9.17, 15) is 0 Å². The second-order valence-corrected chi connectivity index (χ2v) is 6.17. The summed E-state index contributed by atoms with van der Waals surface area (Å²) in [6, 6.07) is 7.84. The van der Waals surface area contributed by atoms with Gasteiger partial charge in [-0.25, -0.2) is 4.99 Å². The Morgan fingerprint density at radius 3 is 2.52 bits per heavy atom. The zero-order chi connectivity index (χ0) is 16.8. The van der Waals surface area contributed by atoms with Gasteiger partial charge in [-0.2, -0.15) is 0 Å². The molecular formula is C20H27N3. The minimum Gasteiger partial charge on any atom is -0.399 e. The van der Waals surface area contributed by atoms with Gasteiger partial charge in [0, 0.05) is 29.9 Å². The molecule has 1 aromatic carbocycles. The molecule has 23 heavy (non-hydrogen) atoms. The fourth-order valence-corrected chi connectivity index (χ4v) is 2.62. The lowest BCUT2D eigenvalue weighted by molar-refractivity contribution is 0.547. The molecule has 1 heterocycles. The van der Waals surface area contributed by atoms with E-state index in [1.165, 1.54) is 12.8 Å². The number of hydrogen-bond acceptors (Lipinski definition) is 3. The van der Waals surface area contributed by atoms with Crippen LogP contribution in [0.4, 0.5) is 5.69 Å². The number of nitrogens with two attached hydrogens (primary N) is 1. The van der Waals surface area contributed by atoms with Crippen molar-refractivity contribution in [2.45, 2.75) is 39.5 Å². The summed E-state index contributed by atoms with van der Waals surface area (Å²) in [5, 5.41) is 0. The number of amidine groups is 1. The van der Waals surface area contributed by atoms with E-state index in [-0.39, 0.29) is 0 Å². The molecule has 122 valence electrons. The molecule has 0 fully saturated rings. The number of anilines is 1. The van der Waals surface area contributed by atoms with Gasteiger partial charge in [0.1, 0.15) is 5.84 Å². The van der Waals surface area contributed by atoms with Crippen molar-refractivity contribution in [2.24, 2.45) is 4.99 Å². The van der Waals surface area contributed by atoms with Crippen LogP contribution in [0.25, 0.3) is 5.70 Å². The van der Waals surface area contributed by atoms with E-state index < -0.39 is 0 Å². The first-order valence-corrected chi connectivity index (χ1v) is 8.27. The normalized spacial score (nSPS) is 14.5. The molecule has 1 aliphatic heterocycles. The van der Waals surface area contributed by atoms with Crippen LogP contribution in [0.1, 0.15) is 45.1 Å². The topological polar surface area (TPSA) is 41.6 Å². The van der Waals surface area contributed by atoms with Gasteiger partial charge in [-0.3, -0.25) is 0 Å². The molecule has 0 saturated heterocycles. The highest BCUT2D eigenvalue weighted by Gasteiger charge is 2.19. The second kappa shape index (κ2) is 7.82. The Bertz CT molecular complexity index is 635. The van der Waals surface area contributed by atoms with Crippen LogP contribution in [0.15, 0.2) is 59.8 Å². The summed E-state index contributed by atoms with van der Waals surface area (Å²) in [5.74, 6) is 1.08. The van der Waals surface area contributed by atoms with Crippen molar-refractivity contribution in [1.29, 1.82) is 0 Å². The van der Waals surface area contributed by atoms with Crippen molar-refractivity contribution in [3.05, 3.63) is 60.3 Å². The summed E-state index contributed by atoms with van der Waals surface area (Å²) < 4.78 is 0. The predicted molar refractivity (Wildman–Crippen MR) is 101 cm³/mol. The smallest absolute Gasteiger partial charge is 0.110 e. The lowest BCUT2D eigenvalue weighted by Crippen LogP contribution is -2.32. The van der Waals surface area contributed by atoms with Crippen molar-refractivity contribution in [2.75, 3.05) is 12.3 Å². The second-order valence-electron chi connectivity index (χ2n) is 6.17. The number of hydrogen-bond donors (Lipinski definition) is 1. The number of nitrogens with zero attached hydrogens (tertiary/aromatic N) is 2. The van der Waals surface area contributed by atoms with Crippen LogP contribution in [0.2, 0.25) is 0 Å². The molecule has 2 N–H and O–H groups in total. The van der Waals surface area contributed by atoms with Crippen LogP contribution in [0.3, 0.4) is 0 Å². The number of nitrogen functional groups attached to an aromatic ring is 1. The number of allylic oxidation sites excluding steroid dienone is 1. The first-order valence-electron chi connectivity index (χ1n) is 8.27. The van der Waals surface area contributed by atoms with Gasteiger partial charge in [0.15, 0.2) is 0 Å². The molecule has 3 nitrogen and oxygen atoms in total. The average molecular weight is 309 g/mol. The highest BCUT2D eigenvalue weighted by molar-refractivity contribution is 5.93. The van der Waals surface area contributed by atoms with Crippen molar-refractivity contribution in [1.82, 2.24) is 4.90 Å². The van der Waals surface area contributed by atoms with Gasteiger partial charge in [0.05, 0.1) is 5.70 Å². The molecule has 0 bridgehead atoms. The monoisotopic (exact) mass is 309 g/mol. The van der Waals surface area contributed by atoms with Crippen LogP contribution in [-0.2, 0) is 0 Å². The standard InChI is InChI=1S/C20H27N3/c1-5-6-7-8-20-22-19(17-9-11-18(21)12-10-17)13-16(4)23(20)14-15(2)3/h9-13H,2,4-8,14,21H2,1,3H3. The van der Waals surface area contributed by atoms with Gasteiger partial charge >= 0.3 is 0 Å². The van der Waals surface area contributed by atoms with Gasteiger partial charge in [-0.05, 0) is 31.6 Å². The summed E-state index contributed by atoms with van der Waals surface area (Å²) in [6.45, 7) is 13.3. The molecule has 1 aromatic rings. The molecular weight excluding hydrogens is 282 g/mol. The maximum atomic E-state index is 5.78. The molecule has 0 unspecified atom stereocenters. The third-order valence-electron chi connectivity index (χ3n) is 3.85. The zero-order valence-electron chi connectivity index (χ0n) is 14.3. The van der Waals surface area contributed by atoms with Crippen LogP contribution >= 0.6 is 0 Å². The molecule has 1 aliphatic rings. The SMILES string of the molecule is C=C(C)CN1C(=C)C=C(c2ccc(N)cc2)N=C1CCCCC. The highest BCUT2D eigenvalue weighted by atomic mass is 15.2. The molecule has 0 aromatic heterocycles. The van der Waals surface area contributed by atoms with E-state index in [0.29, 0.717) is 0 Å². The molecule has 2 rings (SSSR count). The van der Waals surface area contributed by atoms with Crippen LogP contribution in [0, 0.1) is 0 Å². The van der Waals surface area contributed by atoms with Gasteiger partial charge in [0.2, 0.25) is 0 Å². The molecule has 0 radical (unpaired) electrons. The molecule has 0 saturated carbocycles. The number of aliphatic imine (C=N–C) groups is 1. The summed E-state index contributed by atoms with van der Waals surface area (Å²) in [7, 11) is 0. The fourth-order valence-electron chi connectivity index (χ4n) is 2.62. The summed E-state index contributed by atoms with van der Waals surface area (Å²) in [6.07, 6.45) is 6.57. The first kappa shape index (κ1) is 17.1. The molecule has 3 heteroatoms. The Kier molecular flexibility index (Phi) is 5.80. The summed E-state index contributed by atoms with van der Waals surface area (Å²) in [4.78, 5) is 7.08. The van der Waals surface area contributed by atoms with E-state index in [1.54, 1.807) is 0 Å². The maximum absolute atomic E-state index is 5.78. The van der Waals surface area contributed by atoms with Crippen LogP contribution in [-0.4, -0.2) is 17.3 Å².